The number of amides is 2. The molecule has 30 heavy (non-hydrogen) atoms. The third-order valence-corrected chi connectivity index (χ3v) is 4.89. The first kappa shape index (κ1) is 23.4. The van der Waals surface area contributed by atoms with E-state index in [1.807, 2.05) is 12.1 Å². The standard InChI is InChI=1S/C20H26N2O7S/c1-4-10-27-19(23)21-13-15-6-8-16(9-7-15)18-12-17(29-30(3,25)26)14-22(18)20(24)28-11-5-2/h4-9,17-18H,1-2,10-14H2,3H3,(H,21,23)/t17-,18-/m1/s1. The van der Waals surface area contributed by atoms with E-state index in [-0.39, 0.29) is 26.3 Å². The Morgan fingerprint density at radius 3 is 2.40 bits per heavy atom. The summed E-state index contributed by atoms with van der Waals surface area (Å²) in [4.78, 5) is 25.4. The fourth-order valence-corrected chi connectivity index (χ4v) is 3.70. The molecule has 9 nitrogen and oxygen atoms in total. The van der Waals surface area contributed by atoms with E-state index in [0.717, 1.165) is 17.4 Å². The van der Waals surface area contributed by atoms with Crippen molar-refractivity contribution in [2.45, 2.75) is 25.1 Å². The van der Waals surface area contributed by atoms with Crippen molar-refractivity contribution in [1.82, 2.24) is 10.2 Å². The number of ether oxygens (including phenoxy) is 2. The van der Waals surface area contributed by atoms with Crippen molar-refractivity contribution in [1.29, 1.82) is 0 Å². The second-order valence-corrected chi connectivity index (χ2v) is 8.27. The topological polar surface area (TPSA) is 111 Å². The predicted molar refractivity (Wildman–Crippen MR) is 110 cm³/mol. The lowest BCUT2D eigenvalue weighted by Gasteiger charge is -2.24. The number of hydrogen-bond acceptors (Lipinski definition) is 7. The first-order valence-corrected chi connectivity index (χ1v) is 11.1. The summed E-state index contributed by atoms with van der Waals surface area (Å²) in [5.74, 6) is 0. The molecule has 164 valence electrons. The van der Waals surface area contributed by atoms with Gasteiger partial charge in [0.2, 0.25) is 0 Å². The van der Waals surface area contributed by atoms with Gasteiger partial charge in [0.25, 0.3) is 10.1 Å². The van der Waals surface area contributed by atoms with Gasteiger partial charge in [-0.2, -0.15) is 8.42 Å². The van der Waals surface area contributed by atoms with Gasteiger partial charge in [-0.3, -0.25) is 9.08 Å². The van der Waals surface area contributed by atoms with Crippen molar-refractivity contribution in [2.24, 2.45) is 0 Å². The normalized spacial score (nSPS) is 18.5. The number of nitrogens with one attached hydrogen (secondary N) is 1. The van der Waals surface area contributed by atoms with Crippen LogP contribution in [0.2, 0.25) is 0 Å². The number of carbonyl (C=O) groups excluding carboxylic acids is 2. The van der Waals surface area contributed by atoms with Crippen LogP contribution >= 0.6 is 0 Å². The van der Waals surface area contributed by atoms with E-state index in [0.29, 0.717) is 6.42 Å². The van der Waals surface area contributed by atoms with Gasteiger partial charge in [0.05, 0.1) is 24.9 Å². The highest BCUT2D eigenvalue weighted by molar-refractivity contribution is 7.86. The highest BCUT2D eigenvalue weighted by Gasteiger charge is 2.39. The van der Waals surface area contributed by atoms with Crippen LogP contribution in [0.25, 0.3) is 0 Å². The first-order valence-electron chi connectivity index (χ1n) is 9.26. The van der Waals surface area contributed by atoms with Crippen LogP contribution in [-0.4, -0.2) is 57.6 Å². The monoisotopic (exact) mass is 438 g/mol. The number of carbonyl (C=O) groups is 2. The Morgan fingerprint density at radius 2 is 1.80 bits per heavy atom. The minimum atomic E-state index is -3.66. The first-order chi connectivity index (χ1) is 14.2. The Morgan fingerprint density at radius 1 is 1.17 bits per heavy atom. The van der Waals surface area contributed by atoms with Crippen LogP contribution in [0.1, 0.15) is 23.6 Å². The summed E-state index contributed by atoms with van der Waals surface area (Å²) in [5, 5.41) is 2.62. The average Bonchev–Trinajstić information content (AvgIpc) is 3.11. The van der Waals surface area contributed by atoms with Crippen LogP contribution in [0.3, 0.4) is 0 Å². The lowest BCUT2D eigenvalue weighted by atomic mass is 10.0. The SMILES string of the molecule is C=CCOC(=O)NCc1ccc([C@H]2C[C@@H](OS(C)(=O)=O)CN2C(=O)OCC=C)cc1. The number of likely N-dealkylation sites (tertiary alicyclic amines) is 1. The fourth-order valence-electron chi connectivity index (χ4n) is 3.06. The molecule has 1 aromatic carbocycles. The van der Waals surface area contributed by atoms with E-state index in [4.69, 9.17) is 13.7 Å². The number of alkyl carbamates (subject to hydrolysis) is 1. The summed E-state index contributed by atoms with van der Waals surface area (Å²) in [5.41, 5.74) is 1.63. The predicted octanol–water partition coefficient (Wildman–Crippen LogP) is 2.51. The second-order valence-electron chi connectivity index (χ2n) is 6.67. The molecular weight excluding hydrogens is 412 g/mol. The Balaban J connectivity index is 2.08. The van der Waals surface area contributed by atoms with Crippen molar-refractivity contribution >= 4 is 22.3 Å². The zero-order valence-electron chi connectivity index (χ0n) is 16.8. The Labute approximate surface area is 176 Å². The lowest BCUT2D eigenvalue weighted by molar-refractivity contribution is 0.104. The maximum Gasteiger partial charge on any atom is 0.410 e. The molecule has 2 atom stereocenters. The number of rotatable bonds is 9. The molecule has 0 radical (unpaired) electrons. The number of hydrogen-bond donors (Lipinski definition) is 1. The zero-order chi connectivity index (χ0) is 22.1. The minimum absolute atomic E-state index is 0.0478. The molecule has 1 saturated heterocycles. The molecule has 1 aromatic rings. The molecule has 0 unspecified atom stereocenters. The van der Waals surface area contributed by atoms with Gasteiger partial charge >= 0.3 is 12.2 Å². The minimum Gasteiger partial charge on any atom is -0.445 e. The Bertz CT molecular complexity index is 868. The van der Waals surface area contributed by atoms with Gasteiger partial charge in [0.15, 0.2) is 0 Å². The maximum absolute atomic E-state index is 12.4. The molecule has 1 heterocycles. The van der Waals surface area contributed by atoms with Gasteiger partial charge in [0.1, 0.15) is 13.2 Å². The summed E-state index contributed by atoms with van der Waals surface area (Å²) in [6.45, 7) is 7.51. The maximum atomic E-state index is 12.4. The quantitative estimate of drug-likeness (QED) is 0.466. The van der Waals surface area contributed by atoms with Crippen LogP contribution in [0, 0.1) is 0 Å². The molecule has 1 aliphatic heterocycles. The van der Waals surface area contributed by atoms with Gasteiger partial charge in [-0.25, -0.2) is 9.59 Å². The van der Waals surface area contributed by atoms with Crippen molar-refractivity contribution in [3.05, 3.63) is 60.7 Å². The number of nitrogens with zero attached hydrogens (tertiary/aromatic N) is 1. The molecule has 10 heteroatoms. The molecule has 1 aliphatic rings. The number of benzene rings is 1. The molecule has 0 spiro atoms. The smallest absolute Gasteiger partial charge is 0.410 e. The molecule has 0 saturated carbocycles. The molecular formula is C20H26N2O7S. The van der Waals surface area contributed by atoms with Crippen molar-refractivity contribution < 1.29 is 31.7 Å². The zero-order valence-corrected chi connectivity index (χ0v) is 17.6. The Kier molecular flexibility index (Phi) is 8.43. The van der Waals surface area contributed by atoms with Crippen LogP contribution in [0.4, 0.5) is 9.59 Å². The summed E-state index contributed by atoms with van der Waals surface area (Å²) >= 11 is 0. The van der Waals surface area contributed by atoms with E-state index in [1.165, 1.54) is 17.1 Å². The van der Waals surface area contributed by atoms with Crippen molar-refractivity contribution in [3.63, 3.8) is 0 Å². The lowest BCUT2D eigenvalue weighted by Crippen LogP contribution is -2.33. The van der Waals surface area contributed by atoms with Crippen LogP contribution in [0.15, 0.2) is 49.6 Å². The highest BCUT2D eigenvalue weighted by atomic mass is 32.2. The van der Waals surface area contributed by atoms with Crippen molar-refractivity contribution in [2.75, 3.05) is 26.0 Å². The molecule has 0 bridgehead atoms. The van der Waals surface area contributed by atoms with Crippen LogP contribution in [-0.2, 0) is 30.3 Å². The van der Waals surface area contributed by atoms with Gasteiger partial charge in [-0.1, -0.05) is 49.6 Å². The highest BCUT2D eigenvalue weighted by Crippen LogP contribution is 2.34. The van der Waals surface area contributed by atoms with E-state index in [1.54, 1.807) is 12.1 Å². The molecule has 1 fully saturated rings. The van der Waals surface area contributed by atoms with Crippen molar-refractivity contribution in [3.8, 4) is 0 Å². The van der Waals surface area contributed by atoms with Gasteiger partial charge in [0, 0.05) is 13.0 Å². The third-order valence-electron chi connectivity index (χ3n) is 4.27. The van der Waals surface area contributed by atoms with Gasteiger partial charge < -0.3 is 14.8 Å². The molecule has 2 rings (SSSR count). The molecule has 0 aliphatic carbocycles. The molecule has 1 N–H and O–H groups in total. The van der Waals surface area contributed by atoms with E-state index in [2.05, 4.69) is 18.5 Å². The van der Waals surface area contributed by atoms with E-state index < -0.39 is 34.5 Å². The van der Waals surface area contributed by atoms with E-state index >= 15 is 0 Å². The van der Waals surface area contributed by atoms with Crippen LogP contribution in [0.5, 0.6) is 0 Å². The second kappa shape index (κ2) is 10.8. The fraction of sp³-hybridized carbons (Fsp3) is 0.400. The summed E-state index contributed by atoms with van der Waals surface area (Å²) in [7, 11) is -3.66. The third kappa shape index (κ3) is 7.20. The van der Waals surface area contributed by atoms with Gasteiger partial charge in [-0.05, 0) is 11.1 Å². The summed E-state index contributed by atoms with van der Waals surface area (Å²) < 4.78 is 38.1. The van der Waals surface area contributed by atoms with Gasteiger partial charge in [-0.15, -0.1) is 0 Å². The van der Waals surface area contributed by atoms with Crippen LogP contribution < -0.4 is 5.32 Å². The Hall–Kier alpha value is -2.85. The summed E-state index contributed by atoms with van der Waals surface area (Å²) in [6, 6.07) is 6.83. The molecule has 0 aromatic heterocycles. The molecule has 2 amide bonds. The largest absolute Gasteiger partial charge is 0.445 e. The summed E-state index contributed by atoms with van der Waals surface area (Å²) in [6.07, 6.45) is 2.42. The average molecular weight is 439 g/mol. The van der Waals surface area contributed by atoms with E-state index in [9.17, 15) is 18.0 Å².